The van der Waals surface area contributed by atoms with Crippen LogP contribution < -0.4 is 5.73 Å². The topological polar surface area (TPSA) is 63.4 Å². The molecule has 4 nitrogen and oxygen atoms in total. The lowest BCUT2D eigenvalue weighted by atomic mass is 10.0. The average Bonchev–Trinajstić information content (AvgIpc) is 2.52. The summed E-state index contributed by atoms with van der Waals surface area (Å²) in [5, 5.41) is 0. The third kappa shape index (κ3) is 3.54. The van der Waals surface area contributed by atoms with Gasteiger partial charge in [0, 0.05) is 19.1 Å². The molecule has 0 amide bonds. The normalized spacial score (nSPS) is 20.3. The van der Waals surface area contributed by atoms with Gasteiger partial charge in [0.05, 0.1) is 6.26 Å². The van der Waals surface area contributed by atoms with Crippen molar-refractivity contribution >= 4 is 10.0 Å². The summed E-state index contributed by atoms with van der Waals surface area (Å²) in [5.41, 5.74) is 8.11. The van der Waals surface area contributed by atoms with Crippen LogP contribution in [0.5, 0.6) is 0 Å². The van der Waals surface area contributed by atoms with E-state index in [0.29, 0.717) is 19.5 Å². The Hall–Kier alpha value is -0.910. The van der Waals surface area contributed by atoms with Crippen LogP contribution in [0.1, 0.15) is 37.4 Å². The number of sulfonamides is 1. The van der Waals surface area contributed by atoms with E-state index in [1.165, 1.54) is 10.6 Å². The van der Waals surface area contributed by atoms with E-state index in [1.54, 1.807) is 0 Å². The molecule has 0 radical (unpaired) electrons. The number of benzene rings is 1. The fraction of sp³-hybridized carbons (Fsp3) is 0.538. The minimum absolute atomic E-state index is 0.0667. The van der Waals surface area contributed by atoms with Gasteiger partial charge in [-0.3, -0.25) is 0 Å². The first-order valence-corrected chi connectivity index (χ1v) is 8.12. The van der Waals surface area contributed by atoms with E-state index in [0.717, 1.165) is 11.1 Å². The first-order valence-electron chi connectivity index (χ1n) is 6.27. The van der Waals surface area contributed by atoms with Crippen molar-refractivity contribution in [2.24, 2.45) is 5.73 Å². The summed E-state index contributed by atoms with van der Waals surface area (Å²) in [6.07, 6.45) is 1.91. The Balaban J connectivity index is 0.000000771. The molecule has 1 aliphatic rings. The largest absolute Gasteiger partial charge is 0.324 e. The van der Waals surface area contributed by atoms with Crippen LogP contribution in [-0.2, 0) is 16.6 Å². The SMILES string of the molecule is CC.CS(=O)(=O)N1CCC(N)c2ccccc2C1. The maximum atomic E-state index is 11.5. The number of rotatable bonds is 1. The number of hydrogen-bond acceptors (Lipinski definition) is 3. The Morgan fingerprint density at radius 1 is 1.28 bits per heavy atom. The van der Waals surface area contributed by atoms with E-state index in [4.69, 9.17) is 5.73 Å². The van der Waals surface area contributed by atoms with Gasteiger partial charge in [0.25, 0.3) is 0 Å². The number of hydrogen-bond donors (Lipinski definition) is 1. The quantitative estimate of drug-likeness (QED) is 0.847. The summed E-state index contributed by atoms with van der Waals surface area (Å²) in [6, 6.07) is 7.71. The van der Waals surface area contributed by atoms with Gasteiger partial charge in [-0.25, -0.2) is 8.42 Å². The van der Waals surface area contributed by atoms with E-state index in [9.17, 15) is 8.42 Å². The second-order valence-electron chi connectivity index (χ2n) is 4.19. The average molecular weight is 270 g/mol. The van der Waals surface area contributed by atoms with E-state index in [1.807, 2.05) is 38.1 Å². The van der Waals surface area contributed by atoms with Crippen molar-refractivity contribution in [3.05, 3.63) is 35.4 Å². The van der Waals surface area contributed by atoms with Gasteiger partial charge >= 0.3 is 0 Å². The molecule has 0 aromatic heterocycles. The summed E-state index contributed by atoms with van der Waals surface area (Å²) in [6.45, 7) is 4.93. The Kier molecular flexibility index (Phi) is 5.31. The van der Waals surface area contributed by atoms with Gasteiger partial charge in [0.1, 0.15) is 0 Å². The van der Waals surface area contributed by atoms with Gasteiger partial charge in [0.15, 0.2) is 0 Å². The molecule has 0 aliphatic carbocycles. The highest BCUT2D eigenvalue weighted by atomic mass is 32.2. The number of nitrogens with zero attached hydrogens (tertiary/aromatic N) is 1. The molecule has 102 valence electrons. The Bertz CT molecular complexity index is 486. The Morgan fingerprint density at radius 3 is 2.50 bits per heavy atom. The highest BCUT2D eigenvalue weighted by Crippen LogP contribution is 2.25. The molecule has 0 saturated heterocycles. The molecule has 18 heavy (non-hydrogen) atoms. The number of fused-ring (bicyclic) bond motifs is 1. The smallest absolute Gasteiger partial charge is 0.211 e. The summed E-state index contributed by atoms with van der Waals surface area (Å²) < 4.78 is 24.6. The molecule has 0 saturated carbocycles. The molecule has 1 aromatic carbocycles. The standard InChI is InChI=1S/C11H16N2O2S.C2H6/c1-16(14,15)13-7-6-11(12)10-5-3-2-4-9(10)8-13;1-2/h2-5,11H,6-8,12H2,1H3;1-2H3. The third-order valence-corrected chi connectivity index (χ3v) is 4.21. The second-order valence-corrected chi connectivity index (χ2v) is 6.17. The maximum absolute atomic E-state index is 11.5. The summed E-state index contributed by atoms with van der Waals surface area (Å²) in [7, 11) is -3.14. The molecular formula is C13H22N2O2S. The van der Waals surface area contributed by atoms with Crippen molar-refractivity contribution in [2.45, 2.75) is 32.9 Å². The van der Waals surface area contributed by atoms with Crippen molar-refractivity contribution in [3.8, 4) is 0 Å². The lowest BCUT2D eigenvalue weighted by Crippen LogP contribution is -2.29. The van der Waals surface area contributed by atoms with Crippen LogP contribution in [0, 0.1) is 0 Å². The van der Waals surface area contributed by atoms with E-state index in [2.05, 4.69) is 0 Å². The zero-order chi connectivity index (χ0) is 13.8. The van der Waals surface area contributed by atoms with Gasteiger partial charge in [0.2, 0.25) is 10.0 Å². The van der Waals surface area contributed by atoms with Crippen LogP contribution in [0.3, 0.4) is 0 Å². The highest BCUT2D eigenvalue weighted by molar-refractivity contribution is 7.88. The predicted octanol–water partition coefficient (Wildman–Crippen LogP) is 1.88. The molecule has 5 heteroatoms. The van der Waals surface area contributed by atoms with Crippen LogP contribution in [0.25, 0.3) is 0 Å². The maximum Gasteiger partial charge on any atom is 0.211 e. The van der Waals surface area contributed by atoms with Gasteiger partial charge in [-0.1, -0.05) is 38.1 Å². The minimum atomic E-state index is -3.14. The van der Waals surface area contributed by atoms with E-state index < -0.39 is 10.0 Å². The molecule has 0 fully saturated rings. The summed E-state index contributed by atoms with van der Waals surface area (Å²) >= 11 is 0. The fourth-order valence-electron chi connectivity index (χ4n) is 2.03. The fourth-order valence-corrected chi connectivity index (χ4v) is 2.84. The summed E-state index contributed by atoms with van der Waals surface area (Å²) in [4.78, 5) is 0. The predicted molar refractivity (Wildman–Crippen MR) is 74.6 cm³/mol. The molecule has 1 aliphatic heterocycles. The molecule has 1 heterocycles. The van der Waals surface area contributed by atoms with Gasteiger partial charge in [-0.05, 0) is 17.5 Å². The molecule has 1 unspecified atom stereocenters. The van der Waals surface area contributed by atoms with Crippen molar-refractivity contribution in [2.75, 3.05) is 12.8 Å². The lowest BCUT2D eigenvalue weighted by Gasteiger charge is -2.17. The first-order chi connectivity index (χ1) is 8.48. The molecule has 0 spiro atoms. The molecule has 1 atom stereocenters. The van der Waals surface area contributed by atoms with Crippen molar-refractivity contribution in [3.63, 3.8) is 0 Å². The minimum Gasteiger partial charge on any atom is -0.324 e. The monoisotopic (exact) mass is 270 g/mol. The van der Waals surface area contributed by atoms with Crippen molar-refractivity contribution < 1.29 is 8.42 Å². The lowest BCUT2D eigenvalue weighted by molar-refractivity contribution is 0.405. The molecular weight excluding hydrogens is 248 g/mol. The molecule has 2 rings (SSSR count). The van der Waals surface area contributed by atoms with Gasteiger partial charge in [-0.2, -0.15) is 4.31 Å². The van der Waals surface area contributed by atoms with Crippen molar-refractivity contribution in [1.82, 2.24) is 4.31 Å². The molecule has 2 N–H and O–H groups in total. The highest BCUT2D eigenvalue weighted by Gasteiger charge is 2.24. The number of nitrogens with two attached hydrogens (primary N) is 1. The van der Waals surface area contributed by atoms with Crippen molar-refractivity contribution in [1.29, 1.82) is 0 Å². The summed E-state index contributed by atoms with van der Waals surface area (Å²) in [5.74, 6) is 0. The second kappa shape index (κ2) is 6.31. The Labute approximate surface area is 110 Å². The van der Waals surface area contributed by atoms with Crippen LogP contribution in [0.2, 0.25) is 0 Å². The van der Waals surface area contributed by atoms with Crippen LogP contribution in [-0.4, -0.2) is 25.5 Å². The molecule has 1 aromatic rings. The zero-order valence-electron chi connectivity index (χ0n) is 11.3. The van der Waals surface area contributed by atoms with E-state index in [-0.39, 0.29) is 6.04 Å². The molecule has 0 bridgehead atoms. The zero-order valence-corrected chi connectivity index (χ0v) is 12.1. The van der Waals surface area contributed by atoms with Crippen LogP contribution in [0.15, 0.2) is 24.3 Å². The van der Waals surface area contributed by atoms with Gasteiger partial charge in [-0.15, -0.1) is 0 Å². The van der Waals surface area contributed by atoms with Gasteiger partial charge < -0.3 is 5.73 Å². The third-order valence-electron chi connectivity index (χ3n) is 2.96. The van der Waals surface area contributed by atoms with E-state index >= 15 is 0 Å². The van der Waals surface area contributed by atoms with Crippen LogP contribution >= 0.6 is 0 Å². The first kappa shape index (κ1) is 15.1. The van der Waals surface area contributed by atoms with Crippen LogP contribution in [0.4, 0.5) is 0 Å². The Morgan fingerprint density at radius 2 is 1.89 bits per heavy atom.